The molecule has 1 aromatic carbocycles. The lowest BCUT2D eigenvalue weighted by Crippen LogP contribution is -2.29. The fourth-order valence-corrected chi connectivity index (χ4v) is 2.04. The molecule has 2 rings (SSSR count). The molecule has 0 atom stereocenters. The highest BCUT2D eigenvalue weighted by Gasteiger charge is 2.03. The van der Waals surface area contributed by atoms with E-state index in [9.17, 15) is 4.79 Å². The van der Waals surface area contributed by atoms with Crippen LogP contribution in [0.15, 0.2) is 36.5 Å². The summed E-state index contributed by atoms with van der Waals surface area (Å²) in [6, 6.07) is 9.21. The summed E-state index contributed by atoms with van der Waals surface area (Å²) in [7, 11) is 0. The Balaban J connectivity index is 1.90. The maximum absolute atomic E-state index is 11.7. The molecule has 0 spiro atoms. The second kappa shape index (κ2) is 8.12. The van der Waals surface area contributed by atoms with Crippen LogP contribution in [-0.4, -0.2) is 22.5 Å². The molecule has 0 saturated carbocycles. The summed E-state index contributed by atoms with van der Waals surface area (Å²) in [5.41, 5.74) is 2.61. The minimum atomic E-state index is -0.171. The number of urea groups is 1. The van der Waals surface area contributed by atoms with Gasteiger partial charge >= 0.3 is 6.03 Å². The highest BCUT2D eigenvalue weighted by Crippen LogP contribution is 2.17. The lowest BCUT2D eigenvalue weighted by Gasteiger charge is -2.08. The summed E-state index contributed by atoms with van der Waals surface area (Å²) in [4.78, 5) is 20.4. The minimum absolute atomic E-state index is 0.171. The average Bonchev–Trinajstić information content (AvgIpc) is 2.52. The molecule has 5 nitrogen and oxygen atoms in total. The number of nitrogens with zero attached hydrogens (tertiary/aromatic N) is 2. The largest absolute Gasteiger partial charge is 0.338 e. The van der Waals surface area contributed by atoms with Crippen molar-refractivity contribution < 1.29 is 4.79 Å². The van der Waals surface area contributed by atoms with E-state index in [1.54, 1.807) is 6.20 Å². The number of carbonyl (C=O) groups excluding carboxylic acids is 1. The predicted molar refractivity (Wildman–Crippen MR) is 88.8 cm³/mol. The van der Waals surface area contributed by atoms with Crippen molar-refractivity contribution in [3.8, 4) is 11.4 Å². The molecule has 2 amide bonds. The Kier molecular flexibility index (Phi) is 5.89. The molecular weight excluding hydrogens is 276 g/mol. The quantitative estimate of drug-likeness (QED) is 0.798. The van der Waals surface area contributed by atoms with Crippen LogP contribution in [0.1, 0.15) is 31.9 Å². The third kappa shape index (κ3) is 4.84. The van der Waals surface area contributed by atoms with Gasteiger partial charge in [0.1, 0.15) is 0 Å². The van der Waals surface area contributed by atoms with Crippen LogP contribution in [0.2, 0.25) is 0 Å². The first-order valence-corrected chi connectivity index (χ1v) is 7.64. The zero-order valence-electron chi connectivity index (χ0n) is 13.1. The Bertz CT molecular complexity index is 610. The van der Waals surface area contributed by atoms with Crippen LogP contribution in [0.25, 0.3) is 11.4 Å². The molecule has 0 aliphatic rings. The predicted octanol–water partition coefficient (Wildman–Crippen LogP) is 3.76. The number of amides is 2. The number of nitrogens with one attached hydrogen (secondary N) is 2. The van der Waals surface area contributed by atoms with Gasteiger partial charge in [0.05, 0.1) is 0 Å². The van der Waals surface area contributed by atoms with Crippen molar-refractivity contribution in [3.63, 3.8) is 0 Å². The van der Waals surface area contributed by atoms with E-state index in [0.29, 0.717) is 12.4 Å². The number of unbranched alkanes of at least 4 members (excludes halogenated alkanes) is 2. The molecule has 116 valence electrons. The Labute approximate surface area is 131 Å². The van der Waals surface area contributed by atoms with Crippen molar-refractivity contribution in [2.45, 2.75) is 33.1 Å². The molecular formula is C17H22N4O. The summed E-state index contributed by atoms with van der Waals surface area (Å²) in [5, 5.41) is 5.66. The second-order valence-corrected chi connectivity index (χ2v) is 5.19. The molecule has 0 saturated heterocycles. The average molecular weight is 298 g/mol. The molecule has 5 heteroatoms. The van der Waals surface area contributed by atoms with Crippen LogP contribution in [0, 0.1) is 6.92 Å². The molecule has 22 heavy (non-hydrogen) atoms. The van der Waals surface area contributed by atoms with E-state index in [4.69, 9.17) is 0 Å². The summed E-state index contributed by atoms with van der Waals surface area (Å²) in [6.45, 7) is 4.78. The standard InChI is InChI=1S/C17H22N4O/c1-3-4-5-11-19-17(22)21-15-8-6-14(7-9-15)16-18-12-10-13(2)20-16/h6-10,12H,3-5,11H2,1-2H3,(H2,19,21,22). The first-order chi connectivity index (χ1) is 10.7. The van der Waals surface area contributed by atoms with Crippen LogP contribution in [0.4, 0.5) is 10.5 Å². The van der Waals surface area contributed by atoms with E-state index >= 15 is 0 Å². The lowest BCUT2D eigenvalue weighted by atomic mass is 10.2. The van der Waals surface area contributed by atoms with Gasteiger partial charge in [-0.05, 0) is 43.7 Å². The third-order valence-corrected chi connectivity index (χ3v) is 3.26. The van der Waals surface area contributed by atoms with Crippen molar-refractivity contribution in [1.29, 1.82) is 0 Å². The van der Waals surface area contributed by atoms with Gasteiger partial charge < -0.3 is 10.6 Å². The van der Waals surface area contributed by atoms with E-state index < -0.39 is 0 Å². The summed E-state index contributed by atoms with van der Waals surface area (Å²) >= 11 is 0. The van der Waals surface area contributed by atoms with Gasteiger partial charge in [-0.3, -0.25) is 0 Å². The number of hydrogen-bond acceptors (Lipinski definition) is 3. The molecule has 0 unspecified atom stereocenters. The van der Waals surface area contributed by atoms with E-state index in [0.717, 1.165) is 36.2 Å². The number of hydrogen-bond donors (Lipinski definition) is 2. The maximum atomic E-state index is 11.7. The van der Waals surface area contributed by atoms with Crippen LogP contribution in [-0.2, 0) is 0 Å². The summed E-state index contributed by atoms with van der Waals surface area (Å²) < 4.78 is 0. The first kappa shape index (κ1) is 15.9. The number of benzene rings is 1. The van der Waals surface area contributed by atoms with Crippen LogP contribution >= 0.6 is 0 Å². The topological polar surface area (TPSA) is 66.9 Å². The zero-order valence-corrected chi connectivity index (χ0v) is 13.1. The van der Waals surface area contributed by atoms with Crippen LogP contribution in [0.3, 0.4) is 0 Å². The summed E-state index contributed by atoms with van der Waals surface area (Å²) in [5.74, 6) is 0.690. The number of anilines is 1. The van der Waals surface area contributed by atoms with E-state index in [-0.39, 0.29) is 6.03 Å². The van der Waals surface area contributed by atoms with Gasteiger partial charge in [0.15, 0.2) is 5.82 Å². The van der Waals surface area contributed by atoms with E-state index in [2.05, 4.69) is 27.5 Å². The normalized spacial score (nSPS) is 10.3. The lowest BCUT2D eigenvalue weighted by molar-refractivity contribution is 0.252. The maximum Gasteiger partial charge on any atom is 0.319 e. The smallest absolute Gasteiger partial charge is 0.319 e. The Hall–Kier alpha value is -2.43. The van der Waals surface area contributed by atoms with Crippen molar-refractivity contribution in [3.05, 3.63) is 42.2 Å². The molecule has 0 aliphatic heterocycles. The van der Waals surface area contributed by atoms with Crippen molar-refractivity contribution in [1.82, 2.24) is 15.3 Å². The molecule has 0 fully saturated rings. The van der Waals surface area contributed by atoms with Crippen LogP contribution in [0.5, 0.6) is 0 Å². The highest BCUT2D eigenvalue weighted by atomic mass is 16.2. The van der Waals surface area contributed by atoms with Gasteiger partial charge in [-0.2, -0.15) is 0 Å². The Morgan fingerprint density at radius 1 is 1.14 bits per heavy atom. The van der Waals surface area contributed by atoms with Gasteiger partial charge in [-0.15, -0.1) is 0 Å². The Morgan fingerprint density at radius 2 is 1.91 bits per heavy atom. The zero-order chi connectivity index (χ0) is 15.8. The third-order valence-electron chi connectivity index (χ3n) is 3.26. The minimum Gasteiger partial charge on any atom is -0.338 e. The SMILES string of the molecule is CCCCCNC(=O)Nc1ccc(-c2nccc(C)n2)cc1. The molecule has 2 aromatic rings. The molecule has 0 bridgehead atoms. The number of rotatable bonds is 6. The Morgan fingerprint density at radius 3 is 2.59 bits per heavy atom. The number of aryl methyl sites for hydroxylation is 1. The van der Waals surface area contributed by atoms with Crippen molar-refractivity contribution >= 4 is 11.7 Å². The molecule has 1 heterocycles. The first-order valence-electron chi connectivity index (χ1n) is 7.64. The monoisotopic (exact) mass is 298 g/mol. The molecule has 2 N–H and O–H groups in total. The number of aromatic nitrogens is 2. The van der Waals surface area contributed by atoms with Gasteiger partial charge in [0, 0.05) is 29.7 Å². The van der Waals surface area contributed by atoms with Crippen molar-refractivity contribution in [2.75, 3.05) is 11.9 Å². The van der Waals surface area contributed by atoms with Gasteiger partial charge in [0.25, 0.3) is 0 Å². The fourth-order valence-electron chi connectivity index (χ4n) is 2.04. The van der Waals surface area contributed by atoms with E-state index in [1.807, 2.05) is 37.3 Å². The van der Waals surface area contributed by atoms with Gasteiger partial charge in [-0.25, -0.2) is 14.8 Å². The van der Waals surface area contributed by atoms with Gasteiger partial charge in [-0.1, -0.05) is 19.8 Å². The van der Waals surface area contributed by atoms with Gasteiger partial charge in [0.2, 0.25) is 0 Å². The number of carbonyl (C=O) groups is 1. The van der Waals surface area contributed by atoms with Crippen LogP contribution < -0.4 is 10.6 Å². The molecule has 0 aliphatic carbocycles. The second-order valence-electron chi connectivity index (χ2n) is 5.19. The fraction of sp³-hybridized carbons (Fsp3) is 0.353. The summed E-state index contributed by atoms with van der Waals surface area (Å²) in [6.07, 6.45) is 5.03. The van der Waals surface area contributed by atoms with E-state index in [1.165, 1.54) is 0 Å². The molecule has 0 radical (unpaired) electrons. The highest BCUT2D eigenvalue weighted by molar-refractivity contribution is 5.89. The molecule has 1 aromatic heterocycles. The van der Waals surface area contributed by atoms with Crippen molar-refractivity contribution in [2.24, 2.45) is 0 Å².